The van der Waals surface area contributed by atoms with Crippen LogP contribution in [0.3, 0.4) is 0 Å². The Morgan fingerprint density at radius 3 is 2.62 bits per heavy atom. The molecule has 0 unspecified atom stereocenters. The van der Waals surface area contributed by atoms with Crippen LogP contribution in [0.15, 0.2) is 28.8 Å². The second-order valence-electron chi connectivity index (χ2n) is 3.76. The van der Waals surface area contributed by atoms with Crippen molar-refractivity contribution in [3.05, 3.63) is 35.7 Å². The molecule has 0 fully saturated rings. The van der Waals surface area contributed by atoms with Crippen molar-refractivity contribution < 1.29 is 9.32 Å². The van der Waals surface area contributed by atoms with E-state index in [1.165, 1.54) is 12.5 Å². The molecule has 0 aliphatic rings. The van der Waals surface area contributed by atoms with Gasteiger partial charge in [-0.15, -0.1) is 0 Å². The van der Waals surface area contributed by atoms with Gasteiger partial charge in [-0.1, -0.05) is 35.0 Å². The molecular formula is C12H12N2O2. The number of hydrogen-bond donors (Lipinski definition) is 0. The fraction of sp³-hybridized carbons (Fsp3) is 0.250. The zero-order valence-electron chi connectivity index (χ0n) is 9.23. The number of hydrogen-bond acceptors (Lipinski definition) is 4. The molecule has 1 aromatic heterocycles. The third-order valence-corrected chi connectivity index (χ3v) is 2.18. The number of Topliss-reactive ketones (excluding diaryl/α,β-unsaturated/α-hetero) is 1. The van der Waals surface area contributed by atoms with Crippen molar-refractivity contribution in [3.8, 4) is 11.4 Å². The highest BCUT2D eigenvalue weighted by Gasteiger charge is 2.09. The first kappa shape index (κ1) is 10.5. The Bertz CT molecular complexity index is 500. The number of ketones is 1. The summed E-state index contributed by atoms with van der Waals surface area (Å²) >= 11 is 0. The zero-order chi connectivity index (χ0) is 11.5. The number of aromatic nitrogens is 2. The van der Waals surface area contributed by atoms with Crippen LogP contribution in [-0.4, -0.2) is 15.9 Å². The summed E-state index contributed by atoms with van der Waals surface area (Å²) in [5, 5.41) is 3.83. The minimum atomic E-state index is 0.0131. The van der Waals surface area contributed by atoms with Gasteiger partial charge >= 0.3 is 0 Å². The smallest absolute Gasteiger partial charge is 0.234 e. The van der Waals surface area contributed by atoms with Gasteiger partial charge in [-0.05, 0) is 13.8 Å². The molecule has 82 valence electrons. The molecule has 0 bridgehead atoms. The Labute approximate surface area is 93.3 Å². The first-order valence-corrected chi connectivity index (χ1v) is 5.04. The SMILES string of the molecule is CC(=O)Cc1nc(-c2ccc(C)cc2)no1. The van der Waals surface area contributed by atoms with Gasteiger partial charge in [0, 0.05) is 5.56 Å². The van der Waals surface area contributed by atoms with Gasteiger partial charge in [0.2, 0.25) is 11.7 Å². The van der Waals surface area contributed by atoms with Crippen LogP contribution in [0, 0.1) is 6.92 Å². The lowest BCUT2D eigenvalue weighted by Gasteiger charge is -1.94. The van der Waals surface area contributed by atoms with E-state index in [1.807, 2.05) is 31.2 Å². The molecule has 0 amide bonds. The van der Waals surface area contributed by atoms with Crippen LogP contribution in [-0.2, 0) is 11.2 Å². The minimum absolute atomic E-state index is 0.0131. The maximum absolute atomic E-state index is 10.9. The average Bonchev–Trinajstić information content (AvgIpc) is 2.66. The summed E-state index contributed by atoms with van der Waals surface area (Å²) in [4.78, 5) is 15.0. The summed E-state index contributed by atoms with van der Waals surface area (Å²) in [6, 6.07) is 7.82. The van der Waals surface area contributed by atoms with Crippen molar-refractivity contribution in [2.45, 2.75) is 20.3 Å². The Kier molecular flexibility index (Phi) is 2.81. The standard InChI is InChI=1S/C12H12N2O2/c1-8-3-5-10(6-4-8)12-13-11(16-14-12)7-9(2)15/h3-6H,7H2,1-2H3. The number of benzene rings is 1. The molecule has 4 heteroatoms. The van der Waals surface area contributed by atoms with Gasteiger partial charge < -0.3 is 4.52 Å². The van der Waals surface area contributed by atoms with Crippen LogP contribution >= 0.6 is 0 Å². The molecule has 1 heterocycles. The van der Waals surface area contributed by atoms with Gasteiger partial charge in [0.25, 0.3) is 0 Å². The second kappa shape index (κ2) is 4.26. The highest BCUT2D eigenvalue weighted by molar-refractivity contribution is 5.77. The lowest BCUT2D eigenvalue weighted by Crippen LogP contribution is -1.95. The van der Waals surface area contributed by atoms with E-state index < -0.39 is 0 Å². The lowest BCUT2D eigenvalue weighted by molar-refractivity contribution is -0.116. The molecule has 0 atom stereocenters. The van der Waals surface area contributed by atoms with Crippen molar-refractivity contribution >= 4 is 5.78 Å². The number of aryl methyl sites for hydroxylation is 1. The van der Waals surface area contributed by atoms with Gasteiger partial charge in [0.1, 0.15) is 5.78 Å². The molecule has 0 N–H and O–H groups in total. The maximum atomic E-state index is 10.9. The Morgan fingerprint density at radius 2 is 2.00 bits per heavy atom. The molecule has 16 heavy (non-hydrogen) atoms. The van der Waals surface area contributed by atoms with E-state index in [0.29, 0.717) is 11.7 Å². The third kappa shape index (κ3) is 2.34. The van der Waals surface area contributed by atoms with Crippen molar-refractivity contribution in [2.24, 2.45) is 0 Å². The topological polar surface area (TPSA) is 56.0 Å². The summed E-state index contributed by atoms with van der Waals surface area (Å²) in [7, 11) is 0. The van der Waals surface area contributed by atoms with Gasteiger partial charge in [0.15, 0.2) is 0 Å². The maximum Gasteiger partial charge on any atom is 0.234 e. The normalized spacial score (nSPS) is 10.4. The van der Waals surface area contributed by atoms with E-state index in [-0.39, 0.29) is 12.2 Å². The number of nitrogens with zero attached hydrogens (tertiary/aromatic N) is 2. The number of carbonyl (C=O) groups excluding carboxylic acids is 1. The van der Waals surface area contributed by atoms with Gasteiger partial charge in [-0.3, -0.25) is 4.79 Å². The lowest BCUT2D eigenvalue weighted by atomic mass is 10.1. The fourth-order valence-corrected chi connectivity index (χ4v) is 1.36. The molecule has 0 spiro atoms. The van der Waals surface area contributed by atoms with Crippen molar-refractivity contribution in [1.29, 1.82) is 0 Å². The fourth-order valence-electron chi connectivity index (χ4n) is 1.36. The van der Waals surface area contributed by atoms with E-state index in [4.69, 9.17) is 4.52 Å². The highest BCUT2D eigenvalue weighted by atomic mass is 16.5. The molecule has 2 aromatic rings. The van der Waals surface area contributed by atoms with Crippen molar-refractivity contribution in [1.82, 2.24) is 10.1 Å². The van der Waals surface area contributed by atoms with Gasteiger partial charge in [-0.2, -0.15) is 4.98 Å². The predicted octanol–water partition coefficient (Wildman–Crippen LogP) is 2.18. The van der Waals surface area contributed by atoms with Crippen molar-refractivity contribution in [3.63, 3.8) is 0 Å². The highest BCUT2D eigenvalue weighted by Crippen LogP contribution is 2.16. The minimum Gasteiger partial charge on any atom is -0.339 e. The van der Waals surface area contributed by atoms with E-state index >= 15 is 0 Å². The van der Waals surface area contributed by atoms with E-state index in [9.17, 15) is 4.79 Å². The molecule has 1 aromatic carbocycles. The zero-order valence-corrected chi connectivity index (χ0v) is 9.23. The number of rotatable bonds is 3. The van der Waals surface area contributed by atoms with Crippen LogP contribution in [0.2, 0.25) is 0 Å². The third-order valence-electron chi connectivity index (χ3n) is 2.18. The summed E-state index contributed by atoms with van der Waals surface area (Å²) in [5.41, 5.74) is 2.07. The average molecular weight is 216 g/mol. The first-order valence-electron chi connectivity index (χ1n) is 5.04. The summed E-state index contributed by atoms with van der Waals surface area (Å²) in [6.45, 7) is 3.51. The monoisotopic (exact) mass is 216 g/mol. The Morgan fingerprint density at radius 1 is 1.31 bits per heavy atom. The Hall–Kier alpha value is -1.97. The van der Waals surface area contributed by atoms with Crippen LogP contribution in [0.4, 0.5) is 0 Å². The Balaban J connectivity index is 2.24. The number of carbonyl (C=O) groups is 1. The van der Waals surface area contributed by atoms with E-state index in [1.54, 1.807) is 0 Å². The van der Waals surface area contributed by atoms with Crippen LogP contribution in [0.25, 0.3) is 11.4 Å². The van der Waals surface area contributed by atoms with Crippen LogP contribution in [0.5, 0.6) is 0 Å². The molecule has 0 radical (unpaired) electrons. The van der Waals surface area contributed by atoms with E-state index in [2.05, 4.69) is 10.1 Å². The molecular weight excluding hydrogens is 204 g/mol. The molecule has 0 saturated carbocycles. The van der Waals surface area contributed by atoms with Gasteiger partial charge in [0.05, 0.1) is 6.42 Å². The second-order valence-corrected chi connectivity index (χ2v) is 3.76. The van der Waals surface area contributed by atoms with Crippen LogP contribution < -0.4 is 0 Å². The van der Waals surface area contributed by atoms with Gasteiger partial charge in [-0.25, -0.2) is 0 Å². The van der Waals surface area contributed by atoms with Crippen molar-refractivity contribution in [2.75, 3.05) is 0 Å². The molecule has 0 saturated heterocycles. The molecule has 2 rings (SSSR count). The van der Waals surface area contributed by atoms with E-state index in [0.717, 1.165) is 5.56 Å². The molecule has 0 aliphatic carbocycles. The summed E-state index contributed by atoms with van der Waals surface area (Å²) in [5.74, 6) is 0.901. The first-order chi connectivity index (χ1) is 7.65. The summed E-state index contributed by atoms with van der Waals surface area (Å²) in [6.07, 6.45) is 0.193. The quantitative estimate of drug-likeness (QED) is 0.789. The van der Waals surface area contributed by atoms with Crippen LogP contribution in [0.1, 0.15) is 18.4 Å². The predicted molar refractivity (Wildman–Crippen MR) is 58.9 cm³/mol. The molecule has 4 nitrogen and oxygen atoms in total. The summed E-state index contributed by atoms with van der Waals surface area (Å²) < 4.78 is 4.98. The largest absolute Gasteiger partial charge is 0.339 e. The molecule has 0 aliphatic heterocycles.